The van der Waals surface area contributed by atoms with Gasteiger partial charge in [0, 0.05) is 0 Å². The Morgan fingerprint density at radius 2 is 0.476 bits per heavy atom. The molecule has 0 aromatic carbocycles. The van der Waals surface area contributed by atoms with Gasteiger partial charge in [0.05, 0.1) is 0 Å². The molecule has 0 spiro atoms. The summed E-state index contributed by atoms with van der Waals surface area (Å²) in [7, 11) is -4.64. The summed E-state index contributed by atoms with van der Waals surface area (Å²) in [6, 6.07) is 0. The van der Waals surface area contributed by atoms with Crippen LogP contribution in [-0.2, 0) is 4.57 Å². The van der Waals surface area contributed by atoms with Crippen molar-refractivity contribution in [3.63, 3.8) is 0 Å². The third-order valence-corrected chi connectivity index (χ3v) is 7.71. The van der Waals surface area contributed by atoms with E-state index in [4.69, 9.17) is 19.2 Å². The normalized spacial score (nSPS) is 10.8. The van der Waals surface area contributed by atoms with Crippen LogP contribution in [0, 0.1) is 13.8 Å². The smallest absolute Gasteiger partial charge is 0.343 e. The summed E-state index contributed by atoms with van der Waals surface area (Å²) in [4.78, 5) is 21.6. The van der Waals surface area contributed by atoms with E-state index in [1.165, 1.54) is 193 Å². The average Bonchev–Trinajstić information content (AvgIpc) is 2.93. The molecule has 0 heterocycles. The quantitative estimate of drug-likeness (QED) is 0.0320. The predicted molar refractivity (Wildman–Crippen MR) is 190 cm³/mol. The molecule has 0 aliphatic carbocycles. The minimum Gasteiger partial charge on any atom is -0.343 e. The van der Waals surface area contributed by atoms with E-state index in [9.17, 15) is 0 Å². The monoisotopic (exact) mass is 629 g/mol. The van der Waals surface area contributed by atoms with Crippen LogP contribution in [-0.4, -0.2) is 37.7 Å². The molecule has 0 aromatic rings. The number of hydrogen-bond acceptors (Lipinski definition) is 1. The van der Waals surface area contributed by atoms with Gasteiger partial charge < -0.3 is 28.5 Å². The van der Waals surface area contributed by atoms with Gasteiger partial charge in [-0.05, 0) is 0 Å². The molecule has 0 unspecified atom stereocenters. The molecule has 0 radical (unpaired) electrons. The van der Waals surface area contributed by atoms with Crippen molar-refractivity contribution in [3.05, 3.63) is 13.8 Å². The molecular weight excluding hydrogens is 552 g/mol. The largest absolute Gasteiger partial charge is 2.00 e. The van der Waals surface area contributed by atoms with Gasteiger partial charge in [-0.15, -0.1) is 0 Å². The molecular formula is C36H77MgO4P. The van der Waals surface area contributed by atoms with Crippen molar-refractivity contribution in [3.8, 4) is 0 Å². The minimum atomic E-state index is -4.64. The van der Waals surface area contributed by atoms with E-state index in [1.807, 2.05) is 0 Å². The van der Waals surface area contributed by atoms with Gasteiger partial charge in [-0.2, -0.15) is 12.8 Å². The number of phosphoric acid groups is 1. The van der Waals surface area contributed by atoms with Crippen molar-refractivity contribution in [2.24, 2.45) is 0 Å². The molecule has 0 atom stereocenters. The van der Waals surface area contributed by atoms with Crippen LogP contribution < -0.4 is 0 Å². The Hall–Kier alpha value is 0.876. The summed E-state index contributed by atoms with van der Waals surface area (Å²) in [6.45, 7) is 12.4. The van der Waals surface area contributed by atoms with Crippen LogP contribution in [0.1, 0.15) is 219 Å². The van der Waals surface area contributed by atoms with Gasteiger partial charge in [-0.25, -0.2) is 4.57 Å². The van der Waals surface area contributed by atoms with Crippen molar-refractivity contribution in [1.82, 2.24) is 0 Å². The van der Waals surface area contributed by atoms with Gasteiger partial charge in [-0.3, -0.25) is 0 Å². The minimum absolute atomic E-state index is 0. The number of rotatable bonds is 30. The molecule has 0 saturated carbocycles. The van der Waals surface area contributed by atoms with E-state index in [2.05, 4.69) is 27.7 Å². The van der Waals surface area contributed by atoms with Crippen LogP contribution in [0.3, 0.4) is 0 Å². The number of hydrogen-bond donors (Lipinski definition) is 3. The van der Waals surface area contributed by atoms with E-state index < -0.39 is 7.82 Å². The van der Waals surface area contributed by atoms with Gasteiger partial charge in [0.25, 0.3) is 0 Å². The predicted octanol–water partition coefficient (Wildman–Crippen LogP) is 12.9. The second-order valence-electron chi connectivity index (χ2n) is 12.1. The molecule has 0 aromatic heterocycles. The summed E-state index contributed by atoms with van der Waals surface area (Å²) in [5.74, 6) is 0. The van der Waals surface area contributed by atoms with Gasteiger partial charge in [0.1, 0.15) is 0 Å². The molecule has 4 nitrogen and oxygen atoms in total. The third-order valence-electron chi connectivity index (χ3n) is 7.71. The van der Waals surface area contributed by atoms with E-state index in [0.29, 0.717) is 0 Å². The van der Waals surface area contributed by atoms with E-state index in [0.717, 1.165) is 12.8 Å². The summed E-state index contributed by atoms with van der Waals surface area (Å²) in [5.41, 5.74) is 0. The fraction of sp³-hybridized carbons (Fsp3) is 0.944. The first kappa shape index (κ1) is 49.7. The fourth-order valence-corrected chi connectivity index (χ4v) is 5.10. The van der Waals surface area contributed by atoms with Crippen LogP contribution in [0.2, 0.25) is 0 Å². The van der Waals surface area contributed by atoms with Crippen LogP contribution in [0.5, 0.6) is 0 Å². The molecule has 0 rings (SSSR count). The maximum absolute atomic E-state index is 8.88. The molecule has 0 fully saturated rings. The Labute approximate surface area is 282 Å². The van der Waals surface area contributed by atoms with Crippen molar-refractivity contribution in [2.45, 2.75) is 219 Å². The second kappa shape index (κ2) is 46.3. The molecule has 3 N–H and O–H groups in total. The van der Waals surface area contributed by atoms with E-state index >= 15 is 0 Å². The molecule has 252 valence electrons. The van der Waals surface area contributed by atoms with Crippen molar-refractivity contribution in [2.75, 3.05) is 0 Å². The zero-order chi connectivity index (χ0) is 31.1. The van der Waals surface area contributed by atoms with Gasteiger partial charge in [0.2, 0.25) is 0 Å². The molecule has 0 bridgehead atoms. The molecule has 0 saturated heterocycles. The van der Waals surface area contributed by atoms with E-state index in [-0.39, 0.29) is 23.1 Å². The molecule has 42 heavy (non-hydrogen) atoms. The fourth-order valence-electron chi connectivity index (χ4n) is 5.10. The first-order chi connectivity index (χ1) is 19.8. The summed E-state index contributed by atoms with van der Waals surface area (Å²) in [6.07, 6.45) is 45.6. The third kappa shape index (κ3) is 68.2. The van der Waals surface area contributed by atoms with Crippen molar-refractivity contribution < 1.29 is 19.2 Å². The summed E-state index contributed by atoms with van der Waals surface area (Å²) < 4.78 is 8.88. The Kier molecular flexibility index (Phi) is 54.8. The first-order valence-electron chi connectivity index (χ1n) is 18.2. The average molecular weight is 629 g/mol. The van der Waals surface area contributed by atoms with Gasteiger partial charge in [0.15, 0.2) is 0 Å². The zero-order valence-electron chi connectivity index (χ0n) is 28.9. The Morgan fingerprint density at radius 1 is 0.357 bits per heavy atom. The van der Waals surface area contributed by atoms with Crippen LogP contribution in [0.15, 0.2) is 0 Å². The van der Waals surface area contributed by atoms with Crippen molar-refractivity contribution in [1.29, 1.82) is 0 Å². The number of unbranched alkanes of at least 4 members (excludes halogenated alkanes) is 30. The Bertz CT molecular complexity index is 401. The van der Waals surface area contributed by atoms with E-state index in [1.54, 1.807) is 0 Å². The Balaban J connectivity index is -0.000000290. The topological polar surface area (TPSA) is 77.8 Å². The summed E-state index contributed by atoms with van der Waals surface area (Å²) in [5, 5.41) is 0. The van der Waals surface area contributed by atoms with Gasteiger partial charge in [-0.1, -0.05) is 206 Å². The second-order valence-corrected chi connectivity index (χ2v) is 13.1. The maximum Gasteiger partial charge on any atom is 2.00 e. The van der Waals surface area contributed by atoms with Crippen LogP contribution >= 0.6 is 7.82 Å². The maximum atomic E-state index is 8.88. The van der Waals surface area contributed by atoms with Crippen molar-refractivity contribution >= 4 is 30.9 Å². The molecule has 0 aliphatic heterocycles. The Morgan fingerprint density at radius 3 is 0.595 bits per heavy atom. The first-order valence-corrected chi connectivity index (χ1v) is 19.8. The van der Waals surface area contributed by atoms with Crippen LogP contribution in [0.25, 0.3) is 0 Å². The van der Waals surface area contributed by atoms with Crippen LogP contribution in [0.4, 0.5) is 0 Å². The standard InChI is InChI=1S/2C18H37.Mg.H3O4P/c2*1-3-5-7-9-11-13-15-17-18-16-14-12-10-8-6-4-2;;1-5(2,3)4/h2*1,3-18H2,2H3;;(H3,1,2,3,4)/q2*-1;+2;. The SMILES string of the molecule is O=P(O)(O)O.[CH2-]CCCCCCCCCCCCCCCCC.[CH2-]CCCCCCCCCCCCCCCCC.[Mg+2]. The molecule has 6 heteroatoms. The van der Waals surface area contributed by atoms with Gasteiger partial charge >= 0.3 is 30.9 Å². The summed E-state index contributed by atoms with van der Waals surface area (Å²) >= 11 is 0. The molecule has 0 aliphatic rings. The zero-order valence-corrected chi connectivity index (χ0v) is 31.3. The molecule has 0 amide bonds.